The van der Waals surface area contributed by atoms with Crippen molar-refractivity contribution in [1.29, 1.82) is 0 Å². The molecule has 4 heteroatoms. The number of rotatable bonds is 7. The number of unbranched alkanes of at least 4 members (excludes halogenated alkanes) is 1. The molecule has 1 aromatic carbocycles. The lowest BCUT2D eigenvalue weighted by molar-refractivity contribution is -0.140. The van der Waals surface area contributed by atoms with Crippen LogP contribution >= 0.6 is 0 Å². The molecule has 0 radical (unpaired) electrons. The van der Waals surface area contributed by atoms with Gasteiger partial charge in [0.2, 0.25) is 5.91 Å². The molecule has 1 aromatic rings. The van der Waals surface area contributed by atoms with Gasteiger partial charge in [0, 0.05) is 18.7 Å². The molecule has 0 spiro atoms. The summed E-state index contributed by atoms with van der Waals surface area (Å²) in [6.45, 7) is 7.80. The van der Waals surface area contributed by atoms with Gasteiger partial charge in [0.15, 0.2) is 0 Å². The van der Waals surface area contributed by atoms with Crippen LogP contribution < -0.4 is 4.90 Å². The first kappa shape index (κ1) is 17.2. The maximum Gasteiger partial charge on any atom is 0.308 e. The average Bonchev–Trinajstić information content (AvgIpc) is 2.44. The zero-order valence-electron chi connectivity index (χ0n) is 13.3. The normalized spacial score (nSPS) is 12.0. The highest BCUT2D eigenvalue weighted by atomic mass is 16.4. The van der Waals surface area contributed by atoms with Crippen molar-refractivity contribution in [2.24, 2.45) is 5.92 Å². The van der Waals surface area contributed by atoms with Crippen molar-refractivity contribution in [2.45, 2.75) is 47.0 Å². The van der Waals surface area contributed by atoms with Crippen molar-refractivity contribution < 1.29 is 14.7 Å². The van der Waals surface area contributed by atoms with Gasteiger partial charge in [-0.3, -0.25) is 9.59 Å². The van der Waals surface area contributed by atoms with Gasteiger partial charge in [0.1, 0.15) is 0 Å². The van der Waals surface area contributed by atoms with E-state index in [1.807, 2.05) is 39.0 Å². The predicted molar refractivity (Wildman–Crippen MR) is 84.6 cm³/mol. The molecule has 0 saturated carbocycles. The fourth-order valence-corrected chi connectivity index (χ4v) is 2.16. The maximum absolute atomic E-state index is 12.5. The lowest BCUT2D eigenvalue weighted by Crippen LogP contribution is -2.37. The molecule has 0 saturated heterocycles. The Morgan fingerprint density at radius 2 is 1.95 bits per heavy atom. The summed E-state index contributed by atoms with van der Waals surface area (Å²) in [4.78, 5) is 25.2. The molecule has 0 aliphatic heterocycles. The average molecular weight is 291 g/mol. The minimum Gasteiger partial charge on any atom is -0.481 e. The van der Waals surface area contributed by atoms with Gasteiger partial charge in [-0.1, -0.05) is 32.4 Å². The first-order valence-electron chi connectivity index (χ1n) is 7.47. The molecule has 0 aliphatic carbocycles. The number of carbonyl (C=O) groups is 2. The summed E-state index contributed by atoms with van der Waals surface area (Å²) in [6, 6.07) is 5.91. The van der Waals surface area contributed by atoms with Crippen molar-refractivity contribution in [1.82, 2.24) is 0 Å². The van der Waals surface area contributed by atoms with Crippen LogP contribution in [0.25, 0.3) is 0 Å². The van der Waals surface area contributed by atoms with Crippen LogP contribution in [0.1, 0.15) is 44.2 Å². The van der Waals surface area contributed by atoms with E-state index in [0.29, 0.717) is 6.42 Å². The minimum absolute atomic E-state index is 0.00125. The van der Waals surface area contributed by atoms with E-state index in [2.05, 4.69) is 0 Å². The van der Waals surface area contributed by atoms with Crippen LogP contribution in [0.4, 0.5) is 5.69 Å². The summed E-state index contributed by atoms with van der Waals surface area (Å²) in [5.41, 5.74) is 2.87. The lowest BCUT2D eigenvalue weighted by Gasteiger charge is -2.26. The van der Waals surface area contributed by atoms with E-state index in [9.17, 15) is 9.59 Å². The standard InChI is InChI=1S/C17H25NO3/c1-5-6-7-16(19)18(11-14(4)17(20)21)15-10-12(2)8-9-13(15)3/h8-10,14H,5-7,11H2,1-4H3,(H,20,21). The van der Waals surface area contributed by atoms with E-state index in [4.69, 9.17) is 5.11 Å². The molecule has 1 unspecified atom stereocenters. The smallest absolute Gasteiger partial charge is 0.308 e. The molecule has 0 fully saturated rings. The number of benzene rings is 1. The van der Waals surface area contributed by atoms with E-state index in [1.54, 1.807) is 11.8 Å². The Balaban J connectivity index is 3.08. The zero-order chi connectivity index (χ0) is 16.0. The summed E-state index contributed by atoms with van der Waals surface area (Å²) in [7, 11) is 0. The van der Waals surface area contributed by atoms with E-state index >= 15 is 0 Å². The Morgan fingerprint density at radius 3 is 2.52 bits per heavy atom. The van der Waals surface area contributed by atoms with Crippen LogP contribution in [0.15, 0.2) is 18.2 Å². The molecular formula is C17H25NO3. The van der Waals surface area contributed by atoms with Gasteiger partial charge in [0.25, 0.3) is 0 Å². The van der Waals surface area contributed by atoms with Gasteiger partial charge >= 0.3 is 5.97 Å². The van der Waals surface area contributed by atoms with E-state index < -0.39 is 11.9 Å². The summed E-state index contributed by atoms with van der Waals surface area (Å²) in [5, 5.41) is 9.12. The molecular weight excluding hydrogens is 266 g/mol. The van der Waals surface area contributed by atoms with Gasteiger partial charge in [-0.25, -0.2) is 0 Å². The van der Waals surface area contributed by atoms with Gasteiger partial charge in [-0.15, -0.1) is 0 Å². The third-order valence-corrected chi connectivity index (χ3v) is 3.58. The summed E-state index contributed by atoms with van der Waals surface area (Å²) in [5.74, 6) is -1.47. The number of carbonyl (C=O) groups excluding carboxylic acids is 1. The fourth-order valence-electron chi connectivity index (χ4n) is 2.16. The second-order valence-corrected chi connectivity index (χ2v) is 5.64. The zero-order valence-corrected chi connectivity index (χ0v) is 13.3. The molecule has 1 atom stereocenters. The van der Waals surface area contributed by atoms with Crippen LogP contribution in [0, 0.1) is 19.8 Å². The summed E-state index contributed by atoms with van der Waals surface area (Å²) >= 11 is 0. The number of carboxylic acids is 1. The predicted octanol–water partition coefficient (Wildman–Crippen LogP) is 3.55. The van der Waals surface area contributed by atoms with E-state index in [-0.39, 0.29) is 12.5 Å². The van der Waals surface area contributed by atoms with Crippen molar-refractivity contribution in [3.8, 4) is 0 Å². The van der Waals surface area contributed by atoms with Crippen LogP contribution in [0.5, 0.6) is 0 Å². The molecule has 4 nitrogen and oxygen atoms in total. The van der Waals surface area contributed by atoms with E-state index in [1.165, 1.54) is 0 Å². The number of anilines is 1. The molecule has 21 heavy (non-hydrogen) atoms. The Morgan fingerprint density at radius 1 is 1.29 bits per heavy atom. The number of hydrogen-bond donors (Lipinski definition) is 1. The van der Waals surface area contributed by atoms with Crippen LogP contribution in [-0.4, -0.2) is 23.5 Å². The number of aryl methyl sites for hydroxylation is 2. The third kappa shape index (κ3) is 4.88. The topological polar surface area (TPSA) is 57.6 Å². The molecule has 0 aromatic heterocycles. The van der Waals surface area contributed by atoms with Crippen molar-refractivity contribution in [2.75, 3.05) is 11.4 Å². The number of nitrogens with zero attached hydrogens (tertiary/aromatic N) is 1. The molecule has 1 amide bonds. The molecule has 0 bridgehead atoms. The first-order valence-corrected chi connectivity index (χ1v) is 7.47. The Kier molecular flexibility index (Phi) is 6.40. The second-order valence-electron chi connectivity index (χ2n) is 5.64. The molecule has 0 heterocycles. The van der Waals surface area contributed by atoms with Crippen LogP contribution in [-0.2, 0) is 9.59 Å². The number of aliphatic carboxylic acids is 1. The second kappa shape index (κ2) is 7.81. The van der Waals surface area contributed by atoms with Crippen LogP contribution in [0.3, 0.4) is 0 Å². The molecule has 0 aliphatic rings. The molecule has 1 rings (SSSR count). The Bertz CT molecular complexity index is 511. The highest BCUT2D eigenvalue weighted by Gasteiger charge is 2.22. The van der Waals surface area contributed by atoms with Gasteiger partial charge < -0.3 is 10.0 Å². The maximum atomic E-state index is 12.5. The molecule has 116 valence electrons. The largest absolute Gasteiger partial charge is 0.481 e. The number of carboxylic acid groups (broad SMARTS) is 1. The Hall–Kier alpha value is -1.84. The van der Waals surface area contributed by atoms with Crippen LogP contribution in [0.2, 0.25) is 0 Å². The highest BCUT2D eigenvalue weighted by Crippen LogP contribution is 2.24. The van der Waals surface area contributed by atoms with Crippen molar-refractivity contribution in [3.63, 3.8) is 0 Å². The highest BCUT2D eigenvalue weighted by molar-refractivity contribution is 5.94. The molecule has 1 N–H and O–H groups in total. The quantitative estimate of drug-likeness (QED) is 0.836. The van der Waals surface area contributed by atoms with Gasteiger partial charge in [-0.2, -0.15) is 0 Å². The van der Waals surface area contributed by atoms with Crippen molar-refractivity contribution >= 4 is 17.6 Å². The Labute approximate surface area is 126 Å². The minimum atomic E-state index is -0.881. The van der Waals surface area contributed by atoms with Crippen molar-refractivity contribution in [3.05, 3.63) is 29.3 Å². The summed E-state index contributed by atoms with van der Waals surface area (Å²) in [6.07, 6.45) is 2.22. The lowest BCUT2D eigenvalue weighted by atomic mass is 10.1. The third-order valence-electron chi connectivity index (χ3n) is 3.58. The monoisotopic (exact) mass is 291 g/mol. The SMILES string of the molecule is CCCCC(=O)N(CC(C)C(=O)O)c1cc(C)ccc1C. The van der Waals surface area contributed by atoms with E-state index in [0.717, 1.165) is 29.7 Å². The summed E-state index contributed by atoms with van der Waals surface area (Å²) < 4.78 is 0. The van der Waals surface area contributed by atoms with Gasteiger partial charge in [0.05, 0.1) is 5.92 Å². The first-order chi connectivity index (χ1) is 9.86. The van der Waals surface area contributed by atoms with Gasteiger partial charge in [-0.05, 0) is 37.5 Å². The number of amides is 1. The number of hydrogen-bond acceptors (Lipinski definition) is 2. The fraction of sp³-hybridized carbons (Fsp3) is 0.529.